The maximum Gasteiger partial charge on any atom is 0.438 e. The molecular formula is C22H19F3N2O4. The van der Waals surface area contributed by atoms with Gasteiger partial charge in [-0.2, -0.15) is 13.2 Å². The third kappa shape index (κ3) is 4.93. The lowest BCUT2D eigenvalue weighted by Gasteiger charge is -2.15. The number of carbonyl (C=O) groups excluding carboxylic acids is 1. The molecule has 0 saturated carbocycles. The molecule has 162 valence electrons. The molecule has 6 nitrogen and oxygen atoms in total. The Labute approximate surface area is 176 Å². The van der Waals surface area contributed by atoms with Crippen molar-refractivity contribution in [1.82, 2.24) is 9.97 Å². The first-order valence-corrected chi connectivity index (χ1v) is 9.12. The van der Waals surface area contributed by atoms with Crippen molar-refractivity contribution < 1.29 is 32.2 Å². The molecule has 0 aliphatic carbocycles. The van der Waals surface area contributed by atoms with Crippen LogP contribution >= 0.6 is 0 Å². The average molecular weight is 432 g/mol. The number of rotatable bonds is 6. The number of halogens is 3. The van der Waals surface area contributed by atoms with E-state index in [1.54, 1.807) is 43.3 Å². The quantitative estimate of drug-likeness (QED) is 0.320. The molecule has 31 heavy (non-hydrogen) atoms. The number of esters is 1. The Hall–Kier alpha value is -3.62. The van der Waals surface area contributed by atoms with Gasteiger partial charge >= 0.3 is 12.1 Å². The summed E-state index contributed by atoms with van der Waals surface area (Å²) in [6.45, 7) is 1.46. The van der Waals surface area contributed by atoms with E-state index in [0.717, 1.165) is 5.56 Å². The van der Waals surface area contributed by atoms with Gasteiger partial charge in [0.25, 0.3) is 0 Å². The van der Waals surface area contributed by atoms with E-state index in [1.165, 1.54) is 26.5 Å². The Bertz CT molecular complexity index is 1140. The minimum Gasteiger partial charge on any atom is -0.503 e. The summed E-state index contributed by atoms with van der Waals surface area (Å²) in [6, 6.07) is 11.4. The van der Waals surface area contributed by atoms with Crippen LogP contribution in [0.15, 0.2) is 48.7 Å². The third-order valence-corrected chi connectivity index (χ3v) is 4.37. The van der Waals surface area contributed by atoms with Crippen molar-refractivity contribution in [3.63, 3.8) is 0 Å². The number of ether oxygens (including phenoxy) is 3. The Morgan fingerprint density at radius 1 is 1.06 bits per heavy atom. The van der Waals surface area contributed by atoms with E-state index in [9.17, 15) is 18.0 Å². The fourth-order valence-corrected chi connectivity index (χ4v) is 2.94. The van der Waals surface area contributed by atoms with Crippen molar-refractivity contribution in [2.45, 2.75) is 19.7 Å². The molecule has 3 aromatic rings. The van der Waals surface area contributed by atoms with Gasteiger partial charge in [0.05, 0.1) is 31.5 Å². The predicted octanol–water partition coefficient (Wildman–Crippen LogP) is 4.70. The van der Waals surface area contributed by atoms with Crippen LogP contribution in [0, 0.1) is 6.92 Å². The van der Waals surface area contributed by atoms with Crippen molar-refractivity contribution >= 4 is 22.6 Å². The summed E-state index contributed by atoms with van der Waals surface area (Å²) in [5.41, 5.74) is 0.874. The van der Waals surface area contributed by atoms with Crippen LogP contribution in [0.4, 0.5) is 13.2 Å². The predicted molar refractivity (Wildman–Crippen MR) is 107 cm³/mol. The van der Waals surface area contributed by atoms with Crippen molar-refractivity contribution in [1.29, 1.82) is 0 Å². The van der Waals surface area contributed by atoms with Crippen LogP contribution in [0.3, 0.4) is 0 Å². The molecule has 0 N–H and O–H groups in total. The number of nitrogens with zero attached hydrogens (tertiary/aromatic N) is 2. The molecule has 0 bridgehead atoms. The first-order chi connectivity index (χ1) is 14.7. The van der Waals surface area contributed by atoms with E-state index >= 15 is 0 Å². The van der Waals surface area contributed by atoms with Crippen molar-refractivity contribution in [3.8, 4) is 5.88 Å². The minimum absolute atomic E-state index is 0.0975. The zero-order valence-electron chi connectivity index (χ0n) is 17.0. The Kier molecular flexibility index (Phi) is 6.43. The second-order valence-electron chi connectivity index (χ2n) is 6.57. The summed E-state index contributed by atoms with van der Waals surface area (Å²) in [5.74, 6) is -1.31. The van der Waals surface area contributed by atoms with Crippen LogP contribution in [-0.4, -0.2) is 30.2 Å². The number of carbonyl (C=O) groups is 1. The molecule has 0 amide bonds. The molecule has 0 spiro atoms. The number of benzene rings is 2. The van der Waals surface area contributed by atoms with Crippen LogP contribution in [-0.2, 0) is 27.1 Å². The molecule has 0 fully saturated rings. The lowest BCUT2D eigenvalue weighted by molar-refractivity contribution is -0.142. The SMILES string of the molecule is CO/C=C(/C(=O)OC)c1ccccc1COc1nc2ccc(C)cc2nc1C(F)(F)F. The van der Waals surface area contributed by atoms with Crippen LogP contribution in [0.1, 0.15) is 22.4 Å². The molecular weight excluding hydrogens is 413 g/mol. The molecule has 0 atom stereocenters. The van der Waals surface area contributed by atoms with Crippen LogP contribution in [0.2, 0.25) is 0 Å². The van der Waals surface area contributed by atoms with E-state index in [0.29, 0.717) is 11.1 Å². The zero-order chi connectivity index (χ0) is 22.6. The summed E-state index contributed by atoms with van der Waals surface area (Å²) in [4.78, 5) is 19.9. The molecule has 0 saturated heterocycles. The summed E-state index contributed by atoms with van der Waals surface area (Å²) in [6.07, 6.45) is -3.56. The van der Waals surface area contributed by atoms with Gasteiger partial charge in [-0.25, -0.2) is 14.8 Å². The van der Waals surface area contributed by atoms with Gasteiger partial charge in [0.2, 0.25) is 11.6 Å². The fraction of sp³-hybridized carbons (Fsp3) is 0.227. The highest BCUT2D eigenvalue weighted by atomic mass is 19.4. The minimum atomic E-state index is -4.76. The lowest BCUT2D eigenvalue weighted by atomic mass is 10.0. The van der Waals surface area contributed by atoms with Gasteiger partial charge in [-0.05, 0) is 35.7 Å². The van der Waals surface area contributed by atoms with E-state index in [2.05, 4.69) is 9.97 Å². The number of alkyl halides is 3. The van der Waals surface area contributed by atoms with Crippen molar-refractivity contribution in [2.75, 3.05) is 14.2 Å². The second kappa shape index (κ2) is 9.03. The van der Waals surface area contributed by atoms with Gasteiger partial charge in [0.15, 0.2) is 0 Å². The number of aromatic nitrogens is 2. The smallest absolute Gasteiger partial charge is 0.438 e. The van der Waals surface area contributed by atoms with Gasteiger partial charge < -0.3 is 14.2 Å². The van der Waals surface area contributed by atoms with Gasteiger partial charge in [-0.15, -0.1) is 0 Å². The molecule has 0 aliphatic rings. The Morgan fingerprint density at radius 2 is 1.81 bits per heavy atom. The lowest BCUT2D eigenvalue weighted by Crippen LogP contribution is -2.14. The highest BCUT2D eigenvalue weighted by molar-refractivity contribution is 6.16. The molecule has 1 heterocycles. The van der Waals surface area contributed by atoms with Gasteiger partial charge in [0, 0.05) is 0 Å². The standard InChI is InChI=1S/C22H19F3N2O4/c1-13-8-9-17-18(10-13)26-19(22(23,24)25)20(27-17)31-11-14-6-4-5-7-15(14)16(12-29-2)21(28)30-3/h4-10,12H,11H2,1-3H3/b16-12+. The highest BCUT2D eigenvalue weighted by Crippen LogP contribution is 2.35. The van der Waals surface area contributed by atoms with E-state index in [1.807, 2.05) is 0 Å². The second-order valence-corrected chi connectivity index (χ2v) is 6.57. The number of fused-ring (bicyclic) bond motifs is 1. The number of methoxy groups -OCH3 is 2. The molecule has 3 rings (SSSR count). The monoisotopic (exact) mass is 432 g/mol. The largest absolute Gasteiger partial charge is 0.503 e. The molecule has 0 radical (unpaired) electrons. The number of aryl methyl sites for hydroxylation is 1. The molecule has 0 aliphatic heterocycles. The molecule has 9 heteroatoms. The zero-order valence-corrected chi connectivity index (χ0v) is 17.0. The summed E-state index contributed by atoms with van der Waals surface area (Å²) in [7, 11) is 2.58. The van der Waals surface area contributed by atoms with Crippen LogP contribution in [0.25, 0.3) is 16.6 Å². The third-order valence-electron chi connectivity index (χ3n) is 4.37. The number of hydrogen-bond acceptors (Lipinski definition) is 6. The van der Waals surface area contributed by atoms with Crippen molar-refractivity contribution in [3.05, 3.63) is 71.1 Å². The van der Waals surface area contributed by atoms with Crippen molar-refractivity contribution in [2.24, 2.45) is 0 Å². The van der Waals surface area contributed by atoms with Gasteiger partial charge in [-0.1, -0.05) is 30.3 Å². The molecule has 2 aromatic carbocycles. The number of hydrogen-bond donors (Lipinski definition) is 0. The molecule has 0 unspecified atom stereocenters. The normalized spacial score (nSPS) is 12.0. The fourth-order valence-electron chi connectivity index (χ4n) is 2.94. The Morgan fingerprint density at radius 3 is 2.48 bits per heavy atom. The van der Waals surface area contributed by atoms with Crippen LogP contribution < -0.4 is 4.74 Å². The summed E-state index contributed by atoms with van der Waals surface area (Å²) in [5, 5.41) is 0. The van der Waals surface area contributed by atoms with E-state index in [-0.39, 0.29) is 23.2 Å². The summed E-state index contributed by atoms with van der Waals surface area (Å²) < 4.78 is 55.9. The maximum absolute atomic E-state index is 13.6. The van der Waals surface area contributed by atoms with E-state index < -0.39 is 23.7 Å². The Balaban J connectivity index is 2.01. The topological polar surface area (TPSA) is 70.5 Å². The maximum atomic E-state index is 13.6. The summed E-state index contributed by atoms with van der Waals surface area (Å²) >= 11 is 0. The molecule has 1 aromatic heterocycles. The van der Waals surface area contributed by atoms with E-state index in [4.69, 9.17) is 14.2 Å². The average Bonchev–Trinajstić information content (AvgIpc) is 2.74. The first-order valence-electron chi connectivity index (χ1n) is 9.12. The van der Waals surface area contributed by atoms with Gasteiger partial charge in [-0.3, -0.25) is 0 Å². The first kappa shape index (κ1) is 22.1. The highest BCUT2D eigenvalue weighted by Gasteiger charge is 2.38. The van der Waals surface area contributed by atoms with Crippen LogP contribution in [0.5, 0.6) is 5.88 Å². The van der Waals surface area contributed by atoms with Gasteiger partial charge in [0.1, 0.15) is 12.2 Å².